The Morgan fingerprint density at radius 1 is 0.865 bits per heavy atom. The second-order valence-corrected chi connectivity index (χ2v) is 9.25. The Balaban J connectivity index is 1.65. The molecule has 37 heavy (non-hydrogen) atoms. The second kappa shape index (κ2) is 12.2. The van der Waals surface area contributed by atoms with E-state index in [-0.39, 0.29) is 31.5 Å². The first kappa shape index (κ1) is 25.9. The van der Waals surface area contributed by atoms with Crippen LogP contribution in [0.2, 0.25) is 0 Å². The van der Waals surface area contributed by atoms with Crippen molar-refractivity contribution in [1.82, 2.24) is 10.2 Å². The molecular formula is C31H31FN2O3. The van der Waals surface area contributed by atoms with Gasteiger partial charge in [-0.05, 0) is 36.9 Å². The van der Waals surface area contributed by atoms with Crippen molar-refractivity contribution < 1.29 is 18.7 Å². The molecule has 0 spiro atoms. The number of ether oxygens (including phenoxy) is 1. The van der Waals surface area contributed by atoms with Crippen LogP contribution in [0.1, 0.15) is 25.0 Å². The minimum atomic E-state index is -0.854. The molecule has 2 amide bonds. The van der Waals surface area contributed by atoms with E-state index in [4.69, 9.17) is 4.74 Å². The van der Waals surface area contributed by atoms with Crippen molar-refractivity contribution >= 4 is 22.6 Å². The zero-order valence-electron chi connectivity index (χ0n) is 21.1. The van der Waals surface area contributed by atoms with Gasteiger partial charge in [-0.2, -0.15) is 0 Å². The van der Waals surface area contributed by atoms with Crippen molar-refractivity contribution in [2.24, 2.45) is 0 Å². The molecule has 190 valence electrons. The Morgan fingerprint density at radius 2 is 1.54 bits per heavy atom. The van der Waals surface area contributed by atoms with E-state index in [0.717, 1.165) is 16.3 Å². The van der Waals surface area contributed by atoms with Crippen LogP contribution in [0.4, 0.5) is 4.39 Å². The first-order chi connectivity index (χ1) is 17.9. The van der Waals surface area contributed by atoms with E-state index in [0.29, 0.717) is 11.3 Å². The summed E-state index contributed by atoms with van der Waals surface area (Å²) in [5, 5.41) is 4.81. The normalized spacial score (nSPS) is 11.8. The maximum absolute atomic E-state index is 14.7. The third-order valence-electron chi connectivity index (χ3n) is 6.10. The monoisotopic (exact) mass is 498 g/mol. The Hall–Kier alpha value is -4.19. The van der Waals surface area contributed by atoms with E-state index in [1.54, 1.807) is 18.2 Å². The summed E-state index contributed by atoms with van der Waals surface area (Å²) in [6.07, 6.45) is 0.286. The largest absolute Gasteiger partial charge is 0.483 e. The van der Waals surface area contributed by atoms with Crippen molar-refractivity contribution in [3.05, 3.63) is 114 Å². The van der Waals surface area contributed by atoms with Gasteiger partial charge in [0.25, 0.3) is 5.91 Å². The van der Waals surface area contributed by atoms with Gasteiger partial charge >= 0.3 is 0 Å². The Kier molecular flexibility index (Phi) is 8.52. The summed E-state index contributed by atoms with van der Waals surface area (Å²) < 4.78 is 20.6. The van der Waals surface area contributed by atoms with E-state index in [9.17, 15) is 14.0 Å². The molecular weight excluding hydrogens is 467 g/mol. The molecule has 0 fully saturated rings. The fourth-order valence-electron chi connectivity index (χ4n) is 4.29. The lowest BCUT2D eigenvalue weighted by molar-refractivity contribution is -0.143. The molecule has 0 aliphatic carbocycles. The van der Waals surface area contributed by atoms with Crippen LogP contribution in [0.3, 0.4) is 0 Å². The van der Waals surface area contributed by atoms with Crippen molar-refractivity contribution in [2.75, 3.05) is 6.61 Å². The number of rotatable bonds is 10. The highest BCUT2D eigenvalue weighted by atomic mass is 19.1. The molecule has 4 rings (SSSR count). The average molecular weight is 499 g/mol. The summed E-state index contributed by atoms with van der Waals surface area (Å²) in [5.74, 6) is -0.564. The van der Waals surface area contributed by atoms with Crippen LogP contribution >= 0.6 is 0 Å². The number of carbonyl (C=O) groups excluding carboxylic acids is 2. The van der Waals surface area contributed by atoms with Crippen LogP contribution in [-0.4, -0.2) is 35.4 Å². The van der Waals surface area contributed by atoms with Crippen molar-refractivity contribution in [3.63, 3.8) is 0 Å². The van der Waals surface area contributed by atoms with Crippen molar-refractivity contribution in [2.45, 2.75) is 38.9 Å². The molecule has 4 aromatic rings. The molecule has 0 heterocycles. The van der Waals surface area contributed by atoms with Crippen molar-refractivity contribution in [3.8, 4) is 5.75 Å². The third kappa shape index (κ3) is 6.73. The van der Waals surface area contributed by atoms with Crippen LogP contribution in [0, 0.1) is 5.82 Å². The van der Waals surface area contributed by atoms with Gasteiger partial charge in [-0.1, -0.05) is 84.9 Å². The predicted octanol–water partition coefficient (Wildman–Crippen LogP) is 5.52. The summed E-state index contributed by atoms with van der Waals surface area (Å²) in [6, 6.07) is 28.2. The predicted molar refractivity (Wildman–Crippen MR) is 144 cm³/mol. The third-order valence-corrected chi connectivity index (χ3v) is 6.10. The van der Waals surface area contributed by atoms with E-state index < -0.39 is 17.8 Å². The molecule has 5 nitrogen and oxygen atoms in total. The lowest BCUT2D eigenvalue weighted by Crippen LogP contribution is -2.53. The molecule has 1 N–H and O–H groups in total. The summed E-state index contributed by atoms with van der Waals surface area (Å²) in [5.41, 5.74) is 1.23. The number of benzene rings is 4. The summed E-state index contributed by atoms with van der Waals surface area (Å²) >= 11 is 0. The second-order valence-electron chi connectivity index (χ2n) is 9.25. The first-order valence-electron chi connectivity index (χ1n) is 12.4. The lowest BCUT2D eigenvalue weighted by Gasteiger charge is -2.32. The van der Waals surface area contributed by atoms with Crippen LogP contribution in [0.25, 0.3) is 10.8 Å². The van der Waals surface area contributed by atoms with E-state index in [1.807, 2.05) is 86.6 Å². The molecule has 0 aliphatic heterocycles. The number of nitrogens with one attached hydrogen (secondary N) is 1. The Labute approximate surface area is 216 Å². The molecule has 0 unspecified atom stereocenters. The number of hydrogen-bond donors (Lipinski definition) is 1. The zero-order chi connectivity index (χ0) is 26.2. The summed E-state index contributed by atoms with van der Waals surface area (Å²) in [7, 11) is 0. The zero-order valence-corrected chi connectivity index (χ0v) is 21.1. The smallest absolute Gasteiger partial charge is 0.261 e. The van der Waals surface area contributed by atoms with Gasteiger partial charge in [0, 0.05) is 30.0 Å². The van der Waals surface area contributed by atoms with Gasteiger partial charge < -0.3 is 15.0 Å². The highest BCUT2D eigenvalue weighted by Gasteiger charge is 2.31. The minimum Gasteiger partial charge on any atom is -0.483 e. The quantitative estimate of drug-likeness (QED) is 0.313. The summed E-state index contributed by atoms with van der Waals surface area (Å²) in [4.78, 5) is 28.5. The highest BCUT2D eigenvalue weighted by Crippen LogP contribution is 2.25. The topological polar surface area (TPSA) is 58.6 Å². The first-order valence-corrected chi connectivity index (χ1v) is 12.4. The molecule has 0 aromatic heterocycles. The molecule has 1 atom stereocenters. The van der Waals surface area contributed by atoms with Gasteiger partial charge in [-0.25, -0.2) is 4.39 Å². The Morgan fingerprint density at radius 3 is 2.30 bits per heavy atom. The maximum Gasteiger partial charge on any atom is 0.261 e. The van der Waals surface area contributed by atoms with Crippen LogP contribution < -0.4 is 10.1 Å². The van der Waals surface area contributed by atoms with Gasteiger partial charge in [-0.15, -0.1) is 0 Å². The summed E-state index contributed by atoms with van der Waals surface area (Å²) in [6.45, 7) is 3.38. The molecule has 0 aliphatic rings. The molecule has 0 radical (unpaired) electrons. The Bertz CT molecular complexity index is 1350. The SMILES string of the molecule is CC(C)NC(=O)[C@@H](Cc1ccccc1)N(Cc1ccccc1F)C(=O)COc1cccc2ccccc12. The van der Waals surface area contributed by atoms with E-state index in [2.05, 4.69) is 5.32 Å². The van der Waals surface area contributed by atoms with E-state index in [1.165, 1.54) is 11.0 Å². The van der Waals surface area contributed by atoms with Gasteiger partial charge in [0.1, 0.15) is 17.6 Å². The number of halogens is 1. The fourth-order valence-corrected chi connectivity index (χ4v) is 4.29. The number of nitrogens with zero attached hydrogens (tertiary/aromatic N) is 1. The molecule has 6 heteroatoms. The van der Waals surface area contributed by atoms with Crippen molar-refractivity contribution in [1.29, 1.82) is 0 Å². The number of carbonyl (C=O) groups is 2. The van der Waals surface area contributed by atoms with Crippen LogP contribution in [-0.2, 0) is 22.6 Å². The average Bonchev–Trinajstić information content (AvgIpc) is 2.90. The molecule has 0 saturated carbocycles. The highest BCUT2D eigenvalue weighted by molar-refractivity contribution is 5.90. The molecule has 4 aromatic carbocycles. The lowest BCUT2D eigenvalue weighted by atomic mass is 10.0. The fraction of sp³-hybridized carbons (Fsp3) is 0.226. The van der Waals surface area contributed by atoms with E-state index >= 15 is 0 Å². The van der Waals surface area contributed by atoms with Gasteiger partial charge in [0.15, 0.2) is 6.61 Å². The standard InChI is InChI=1S/C31H31FN2O3/c1-22(2)33-31(36)28(19-23-11-4-3-5-12-23)34(20-25-14-7-9-17-27(25)32)30(35)21-37-29-18-10-15-24-13-6-8-16-26(24)29/h3-18,22,28H,19-21H2,1-2H3,(H,33,36)/t28-/m1/s1. The van der Waals surface area contributed by atoms with Crippen LogP contribution in [0.15, 0.2) is 97.1 Å². The number of fused-ring (bicyclic) bond motifs is 1. The van der Waals surface area contributed by atoms with Gasteiger partial charge in [0.05, 0.1) is 0 Å². The van der Waals surface area contributed by atoms with Gasteiger partial charge in [-0.3, -0.25) is 9.59 Å². The minimum absolute atomic E-state index is 0.0621. The molecule has 0 bridgehead atoms. The molecule has 0 saturated heterocycles. The number of hydrogen-bond acceptors (Lipinski definition) is 3. The van der Waals surface area contributed by atoms with Crippen LogP contribution in [0.5, 0.6) is 5.75 Å². The van der Waals surface area contributed by atoms with Gasteiger partial charge in [0.2, 0.25) is 5.91 Å². The number of amides is 2. The maximum atomic E-state index is 14.7.